The standard InChI is InChI=1S/C19H24N2O3/c1-14-5-4-6-17(11-14)24-13-19(23)20-12-18(22)15-7-9-16(10-8-15)21(2)3/h4-11,18,22H,12-13H2,1-3H3,(H,20,23). The van der Waals surface area contributed by atoms with Gasteiger partial charge in [-0.1, -0.05) is 24.3 Å². The van der Waals surface area contributed by atoms with Crippen LogP contribution in [0.15, 0.2) is 48.5 Å². The Labute approximate surface area is 142 Å². The zero-order valence-electron chi connectivity index (χ0n) is 14.3. The zero-order chi connectivity index (χ0) is 17.5. The number of benzene rings is 2. The number of ether oxygens (including phenoxy) is 1. The molecule has 1 unspecified atom stereocenters. The van der Waals surface area contributed by atoms with Gasteiger partial charge >= 0.3 is 0 Å². The van der Waals surface area contributed by atoms with Crippen LogP contribution in [0.25, 0.3) is 0 Å². The average molecular weight is 328 g/mol. The van der Waals surface area contributed by atoms with Crippen molar-refractivity contribution in [3.8, 4) is 5.75 Å². The molecule has 2 aromatic carbocycles. The summed E-state index contributed by atoms with van der Waals surface area (Å²) in [6, 6.07) is 15.1. The lowest BCUT2D eigenvalue weighted by Gasteiger charge is -2.16. The van der Waals surface area contributed by atoms with Crippen molar-refractivity contribution < 1.29 is 14.6 Å². The van der Waals surface area contributed by atoms with Crippen LogP contribution in [0.2, 0.25) is 0 Å². The minimum atomic E-state index is -0.746. The van der Waals surface area contributed by atoms with E-state index in [0.717, 1.165) is 16.8 Å². The van der Waals surface area contributed by atoms with Crippen LogP contribution in [-0.4, -0.2) is 38.3 Å². The SMILES string of the molecule is Cc1cccc(OCC(=O)NCC(O)c2ccc(N(C)C)cc2)c1. The summed E-state index contributed by atoms with van der Waals surface area (Å²) in [4.78, 5) is 13.8. The summed E-state index contributed by atoms with van der Waals surface area (Å²) in [5, 5.41) is 12.8. The molecule has 0 spiro atoms. The molecular formula is C19H24N2O3. The highest BCUT2D eigenvalue weighted by Gasteiger charge is 2.10. The van der Waals surface area contributed by atoms with Gasteiger partial charge in [-0.2, -0.15) is 0 Å². The van der Waals surface area contributed by atoms with E-state index in [2.05, 4.69) is 5.32 Å². The van der Waals surface area contributed by atoms with Gasteiger partial charge in [-0.05, 0) is 42.3 Å². The van der Waals surface area contributed by atoms with Crippen LogP contribution in [-0.2, 0) is 4.79 Å². The maximum Gasteiger partial charge on any atom is 0.258 e. The quantitative estimate of drug-likeness (QED) is 0.819. The lowest BCUT2D eigenvalue weighted by molar-refractivity contribution is -0.123. The molecule has 128 valence electrons. The molecule has 0 heterocycles. The van der Waals surface area contributed by atoms with Gasteiger partial charge in [-0.3, -0.25) is 4.79 Å². The molecular weight excluding hydrogens is 304 g/mol. The molecule has 0 bridgehead atoms. The largest absolute Gasteiger partial charge is 0.484 e. The molecule has 0 saturated carbocycles. The number of carbonyl (C=O) groups excluding carboxylic acids is 1. The maximum atomic E-state index is 11.8. The molecule has 2 aromatic rings. The van der Waals surface area contributed by atoms with Crippen LogP contribution in [0.5, 0.6) is 5.75 Å². The summed E-state index contributed by atoms with van der Waals surface area (Å²) in [5.41, 5.74) is 2.89. The second kappa shape index (κ2) is 8.36. The molecule has 0 aliphatic rings. The Balaban J connectivity index is 1.78. The predicted octanol–water partition coefficient (Wildman–Crippen LogP) is 2.29. The molecule has 0 saturated heterocycles. The van der Waals surface area contributed by atoms with E-state index in [4.69, 9.17) is 4.74 Å². The number of nitrogens with one attached hydrogen (secondary N) is 1. The van der Waals surface area contributed by atoms with Crippen molar-refractivity contribution in [1.82, 2.24) is 5.32 Å². The number of aliphatic hydroxyl groups is 1. The monoisotopic (exact) mass is 328 g/mol. The third kappa shape index (κ3) is 5.28. The number of hydrogen-bond acceptors (Lipinski definition) is 4. The van der Waals surface area contributed by atoms with E-state index in [9.17, 15) is 9.90 Å². The lowest BCUT2D eigenvalue weighted by Crippen LogP contribution is -2.32. The highest BCUT2D eigenvalue weighted by molar-refractivity contribution is 5.77. The van der Waals surface area contributed by atoms with Crippen LogP contribution in [0.3, 0.4) is 0 Å². The maximum absolute atomic E-state index is 11.8. The minimum absolute atomic E-state index is 0.0737. The highest BCUT2D eigenvalue weighted by atomic mass is 16.5. The number of hydrogen-bond donors (Lipinski definition) is 2. The molecule has 5 heteroatoms. The fraction of sp³-hybridized carbons (Fsp3) is 0.316. The predicted molar refractivity (Wildman–Crippen MR) is 95.4 cm³/mol. The fourth-order valence-corrected chi connectivity index (χ4v) is 2.23. The van der Waals surface area contributed by atoms with Crippen LogP contribution < -0.4 is 15.0 Å². The molecule has 0 radical (unpaired) electrons. The van der Waals surface area contributed by atoms with Crippen molar-refractivity contribution in [2.24, 2.45) is 0 Å². The van der Waals surface area contributed by atoms with Gasteiger partial charge in [0.2, 0.25) is 0 Å². The van der Waals surface area contributed by atoms with E-state index in [1.807, 2.05) is 68.4 Å². The highest BCUT2D eigenvalue weighted by Crippen LogP contribution is 2.17. The molecule has 0 aliphatic carbocycles. The Bertz CT molecular complexity index is 669. The molecule has 0 fully saturated rings. The molecule has 2 rings (SSSR count). The third-order valence-electron chi connectivity index (χ3n) is 3.65. The van der Waals surface area contributed by atoms with Crippen molar-refractivity contribution in [2.45, 2.75) is 13.0 Å². The first-order valence-corrected chi connectivity index (χ1v) is 7.87. The number of aryl methyl sites for hydroxylation is 1. The Hall–Kier alpha value is -2.53. The number of rotatable bonds is 7. The first-order valence-electron chi connectivity index (χ1n) is 7.87. The summed E-state index contributed by atoms with van der Waals surface area (Å²) in [6.45, 7) is 2.04. The normalized spacial score (nSPS) is 11.7. The molecule has 1 atom stereocenters. The summed E-state index contributed by atoms with van der Waals surface area (Å²) in [7, 11) is 3.92. The van der Waals surface area contributed by atoms with E-state index in [0.29, 0.717) is 5.75 Å². The average Bonchev–Trinajstić information content (AvgIpc) is 2.58. The van der Waals surface area contributed by atoms with E-state index in [1.54, 1.807) is 6.07 Å². The van der Waals surface area contributed by atoms with Gasteiger partial charge in [0.15, 0.2) is 6.61 Å². The van der Waals surface area contributed by atoms with Gasteiger partial charge in [-0.15, -0.1) is 0 Å². The van der Waals surface area contributed by atoms with Gasteiger partial charge in [0.25, 0.3) is 5.91 Å². The number of anilines is 1. The Morgan fingerprint density at radius 1 is 1.21 bits per heavy atom. The Morgan fingerprint density at radius 2 is 1.92 bits per heavy atom. The number of carbonyl (C=O) groups is 1. The van der Waals surface area contributed by atoms with E-state index < -0.39 is 6.10 Å². The second-order valence-corrected chi connectivity index (χ2v) is 5.91. The Kier molecular flexibility index (Phi) is 6.21. The molecule has 1 amide bonds. The van der Waals surface area contributed by atoms with Crippen LogP contribution >= 0.6 is 0 Å². The molecule has 5 nitrogen and oxygen atoms in total. The lowest BCUT2D eigenvalue weighted by atomic mass is 10.1. The fourth-order valence-electron chi connectivity index (χ4n) is 2.23. The van der Waals surface area contributed by atoms with Gasteiger partial charge in [0, 0.05) is 26.3 Å². The topological polar surface area (TPSA) is 61.8 Å². The van der Waals surface area contributed by atoms with E-state index in [1.165, 1.54) is 0 Å². The summed E-state index contributed by atoms with van der Waals surface area (Å²) in [6.07, 6.45) is -0.746. The smallest absolute Gasteiger partial charge is 0.258 e. The summed E-state index contributed by atoms with van der Waals surface area (Å²) in [5.74, 6) is 0.394. The van der Waals surface area contributed by atoms with Crippen molar-refractivity contribution in [3.63, 3.8) is 0 Å². The van der Waals surface area contributed by atoms with Gasteiger partial charge in [0.1, 0.15) is 5.75 Å². The van der Waals surface area contributed by atoms with E-state index in [-0.39, 0.29) is 19.1 Å². The number of aliphatic hydroxyl groups excluding tert-OH is 1. The third-order valence-corrected chi connectivity index (χ3v) is 3.65. The number of nitrogens with zero attached hydrogens (tertiary/aromatic N) is 1. The van der Waals surface area contributed by atoms with Crippen molar-refractivity contribution in [1.29, 1.82) is 0 Å². The molecule has 0 aliphatic heterocycles. The van der Waals surface area contributed by atoms with Crippen LogP contribution in [0, 0.1) is 6.92 Å². The summed E-state index contributed by atoms with van der Waals surface area (Å²) >= 11 is 0. The molecule has 24 heavy (non-hydrogen) atoms. The zero-order valence-corrected chi connectivity index (χ0v) is 14.3. The van der Waals surface area contributed by atoms with Crippen LogP contribution in [0.4, 0.5) is 5.69 Å². The minimum Gasteiger partial charge on any atom is -0.484 e. The van der Waals surface area contributed by atoms with Gasteiger partial charge in [0.05, 0.1) is 6.10 Å². The first-order chi connectivity index (χ1) is 11.5. The molecule has 2 N–H and O–H groups in total. The van der Waals surface area contributed by atoms with Crippen molar-refractivity contribution in [2.75, 3.05) is 32.1 Å². The molecule has 0 aromatic heterocycles. The second-order valence-electron chi connectivity index (χ2n) is 5.91. The number of amides is 1. The Morgan fingerprint density at radius 3 is 2.54 bits per heavy atom. The summed E-state index contributed by atoms with van der Waals surface area (Å²) < 4.78 is 5.43. The van der Waals surface area contributed by atoms with Crippen LogP contribution in [0.1, 0.15) is 17.2 Å². The van der Waals surface area contributed by atoms with Crippen molar-refractivity contribution >= 4 is 11.6 Å². The van der Waals surface area contributed by atoms with Gasteiger partial charge < -0.3 is 20.1 Å². The first kappa shape index (κ1) is 17.8. The van der Waals surface area contributed by atoms with Crippen molar-refractivity contribution in [3.05, 3.63) is 59.7 Å². The van der Waals surface area contributed by atoms with Gasteiger partial charge in [-0.25, -0.2) is 0 Å². The van der Waals surface area contributed by atoms with E-state index >= 15 is 0 Å².